The Hall–Kier alpha value is -1.07. The van der Waals surface area contributed by atoms with Crippen molar-refractivity contribution in [3.63, 3.8) is 0 Å². The molecule has 0 fully saturated rings. The fourth-order valence-corrected chi connectivity index (χ4v) is 2.13. The summed E-state index contributed by atoms with van der Waals surface area (Å²) < 4.78 is 9.35. The van der Waals surface area contributed by atoms with Gasteiger partial charge in [0.25, 0.3) is 0 Å². The molecule has 0 atom stereocenters. The van der Waals surface area contributed by atoms with Crippen LogP contribution in [0.25, 0.3) is 11.0 Å². The zero-order valence-electron chi connectivity index (χ0n) is 9.24. The average molecular weight is 285 g/mol. The highest BCUT2D eigenvalue weighted by Crippen LogP contribution is 2.18. The van der Waals surface area contributed by atoms with Gasteiger partial charge in [0.2, 0.25) is 0 Å². The van der Waals surface area contributed by atoms with Gasteiger partial charge in [-0.2, -0.15) is 0 Å². The van der Waals surface area contributed by atoms with Crippen molar-refractivity contribution in [2.45, 2.75) is 6.54 Å². The van der Waals surface area contributed by atoms with Crippen LogP contribution in [-0.4, -0.2) is 22.9 Å². The third-order valence-corrected chi connectivity index (χ3v) is 3.12. The quantitative estimate of drug-likeness (QED) is 0.861. The van der Waals surface area contributed by atoms with E-state index in [1.54, 1.807) is 23.3 Å². The summed E-state index contributed by atoms with van der Waals surface area (Å²) in [6.07, 6.45) is 0. The van der Waals surface area contributed by atoms with Gasteiger partial charge in [0.05, 0.1) is 24.2 Å². The van der Waals surface area contributed by atoms with Crippen LogP contribution in [0.2, 0.25) is 0 Å². The van der Waals surface area contributed by atoms with Crippen LogP contribution in [0, 0.1) is 0 Å². The summed E-state index contributed by atoms with van der Waals surface area (Å²) in [6.45, 7) is 1.11. The summed E-state index contributed by atoms with van der Waals surface area (Å²) in [4.78, 5) is 12.0. The molecular formula is C11H13BrN2O2. The largest absolute Gasteiger partial charge is 0.383 e. The molecule has 0 aliphatic carbocycles. The smallest absolute Gasteiger partial charge is 0.328 e. The first kappa shape index (κ1) is 11.4. The molecule has 1 aromatic carbocycles. The molecule has 0 saturated heterocycles. The van der Waals surface area contributed by atoms with Gasteiger partial charge in [0, 0.05) is 18.6 Å². The van der Waals surface area contributed by atoms with Crippen LogP contribution in [0.5, 0.6) is 0 Å². The lowest BCUT2D eigenvalue weighted by molar-refractivity contribution is 0.187. The van der Waals surface area contributed by atoms with Crippen LogP contribution >= 0.6 is 15.9 Å². The first-order valence-corrected chi connectivity index (χ1v) is 5.78. The first-order valence-electron chi connectivity index (χ1n) is 4.99. The highest BCUT2D eigenvalue weighted by atomic mass is 79.9. The van der Waals surface area contributed by atoms with Crippen molar-refractivity contribution in [3.8, 4) is 0 Å². The summed E-state index contributed by atoms with van der Waals surface area (Å²) in [7, 11) is 3.41. The van der Waals surface area contributed by atoms with Crippen molar-refractivity contribution in [3.05, 3.63) is 33.2 Å². The predicted molar refractivity (Wildman–Crippen MR) is 66.8 cm³/mol. The van der Waals surface area contributed by atoms with E-state index in [1.807, 2.05) is 18.2 Å². The number of hydrogen-bond acceptors (Lipinski definition) is 2. The SMILES string of the molecule is COCCn1c(=O)n(C)c2cc(Br)ccc21. The number of rotatable bonds is 3. The number of aromatic nitrogens is 2. The maximum Gasteiger partial charge on any atom is 0.328 e. The second-order valence-electron chi connectivity index (χ2n) is 3.62. The van der Waals surface area contributed by atoms with Gasteiger partial charge in [-0.1, -0.05) is 15.9 Å². The van der Waals surface area contributed by atoms with E-state index in [1.165, 1.54) is 0 Å². The van der Waals surface area contributed by atoms with E-state index in [4.69, 9.17) is 4.74 Å². The number of hydrogen-bond donors (Lipinski definition) is 0. The third-order valence-electron chi connectivity index (χ3n) is 2.63. The van der Waals surface area contributed by atoms with Crippen LogP contribution in [0.15, 0.2) is 27.5 Å². The van der Waals surface area contributed by atoms with E-state index in [0.29, 0.717) is 13.2 Å². The van der Waals surface area contributed by atoms with E-state index in [9.17, 15) is 4.79 Å². The summed E-state index contributed by atoms with van der Waals surface area (Å²) in [5, 5.41) is 0. The number of ether oxygens (including phenoxy) is 1. The van der Waals surface area contributed by atoms with Crippen LogP contribution < -0.4 is 5.69 Å². The lowest BCUT2D eigenvalue weighted by atomic mass is 10.3. The normalized spacial score (nSPS) is 11.2. The third kappa shape index (κ3) is 1.81. The molecule has 2 rings (SSSR count). The Balaban J connectivity index is 2.64. The van der Waals surface area contributed by atoms with Crippen LogP contribution in [0.4, 0.5) is 0 Å². The molecule has 0 N–H and O–H groups in total. The Labute approximate surface area is 102 Å². The van der Waals surface area contributed by atoms with E-state index < -0.39 is 0 Å². The fraction of sp³-hybridized carbons (Fsp3) is 0.364. The first-order chi connectivity index (χ1) is 7.65. The minimum atomic E-state index is -0.00912. The van der Waals surface area contributed by atoms with Crippen molar-refractivity contribution >= 4 is 27.0 Å². The van der Waals surface area contributed by atoms with Crippen molar-refractivity contribution in [2.75, 3.05) is 13.7 Å². The molecular weight excluding hydrogens is 272 g/mol. The molecule has 0 radical (unpaired) electrons. The molecule has 0 bridgehead atoms. The zero-order valence-corrected chi connectivity index (χ0v) is 10.8. The van der Waals surface area contributed by atoms with Crippen molar-refractivity contribution in [1.29, 1.82) is 0 Å². The van der Waals surface area contributed by atoms with Gasteiger partial charge in [-0.15, -0.1) is 0 Å². The molecule has 0 aliphatic rings. The molecule has 2 aromatic rings. The molecule has 5 heteroatoms. The molecule has 16 heavy (non-hydrogen) atoms. The molecule has 0 saturated carbocycles. The Bertz CT molecular complexity index is 571. The van der Waals surface area contributed by atoms with Gasteiger partial charge in [-0.3, -0.25) is 9.13 Å². The molecule has 4 nitrogen and oxygen atoms in total. The number of halogens is 1. The van der Waals surface area contributed by atoms with Crippen molar-refractivity contribution in [1.82, 2.24) is 9.13 Å². The van der Waals surface area contributed by atoms with Gasteiger partial charge in [0.15, 0.2) is 0 Å². The molecule has 0 aliphatic heterocycles. The highest BCUT2D eigenvalue weighted by Gasteiger charge is 2.09. The topological polar surface area (TPSA) is 36.2 Å². The number of aryl methyl sites for hydroxylation is 1. The molecule has 86 valence electrons. The standard InChI is InChI=1S/C11H13BrN2O2/c1-13-10-7-8(12)3-4-9(10)14(11(13)15)5-6-16-2/h3-4,7H,5-6H2,1-2H3. The van der Waals surface area contributed by atoms with E-state index >= 15 is 0 Å². The summed E-state index contributed by atoms with van der Waals surface area (Å²) in [6, 6.07) is 5.82. The second-order valence-corrected chi connectivity index (χ2v) is 4.53. The van der Waals surface area contributed by atoms with Gasteiger partial charge in [-0.25, -0.2) is 4.79 Å². The van der Waals surface area contributed by atoms with E-state index in [-0.39, 0.29) is 5.69 Å². The average Bonchev–Trinajstić information content (AvgIpc) is 2.50. The van der Waals surface area contributed by atoms with Crippen LogP contribution in [0.1, 0.15) is 0 Å². The number of imidazole rings is 1. The molecule has 0 unspecified atom stereocenters. The fourth-order valence-electron chi connectivity index (χ4n) is 1.78. The highest BCUT2D eigenvalue weighted by molar-refractivity contribution is 9.10. The van der Waals surface area contributed by atoms with Gasteiger partial charge in [-0.05, 0) is 18.2 Å². The Kier molecular flexibility index (Phi) is 3.16. The minimum absolute atomic E-state index is 0.00912. The lowest BCUT2D eigenvalue weighted by Crippen LogP contribution is -2.23. The Morgan fingerprint density at radius 2 is 2.12 bits per heavy atom. The summed E-state index contributed by atoms with van der Waals surface area (Å²) in [5.41, 5.74) is 1.85. The Morgan fingerprint density at radius 1 is 1.38 bits per heavy atom. The van der Waals surface area contributed by atoms with Crippen molar-refractivity contribution in [2.24, 2.45) is 7.05 Å². The Morgan fingerprint density at radius 3 is 2.81 bits per heavy atom. The molecule has 1 aromatic heterocycles. The van der Waals surface area contributed by atoms with Crippen LogP contribution in [0.3, 0.4) is 0 Å². The van der Waals surface area contributed by atoms with Gasteiger partial charge in [0.1, 0.15) is 0 Å². The molecule has 0 amide bonds. The number of methoxy groups -OCH3 is 1. The minimum Gasteiger partial charge on any atom is -0.383 e. The number of fused-ring (bicyclic) bond motifs is 1. The monoisotopic (exact) mass is 284 g/mol. The summed E-state index contributed by atoms with van der Waals surface area (Å²) >= 11 is 3.40. The molecule has 1 heterocycles. The second kappa shape index (κ2) is 4.43. The van der Waals surface area contributed by atoms with E-state index in [2.05, 4.69) is 15.9 Å². The summed E-state index contributed by atoms with van der Waals surface area (Å²) in [5.74, 6) is 0. The van der Waals surface area contributed by atoms with Crippen molar-refractivity contribution < 1.29 is 4.74 Å². The van der Waals surface area contributed by atoms with E-state index in [0.717, 1.165) is 15.5 Å². The molecule has 0 spiro atoms. The maximum absolute atomic E-state index is 12.0. The van der Waals surface area contributed by atoms with Gasteiger partial charge >= 0.3 is 5.69 Å². The number of nitrogens with zero attached hydrogens (tertiary/aromatic N) is 2. The predicted octanol–water partition coefficient (Wildman–Crippen LogP) is 1.75. The number of benzene rings is 1. The van der Waals surface area contributed by atoms with Crippen LogP contribution in [-0.2, 0) is 18.3 Å². The van der Waals surface area contributed by atoms with Gasteiger partial charge < -0.3 is 4.74 Å². The lowest BCUT2D eigenvalue weighted by Gasteiger charge is -2.01. The maximum atomic E-state index is 12.0. The zero-order chi connectivity index (χ0) is 11.7.